The van der Waals surface area contributed by atoms with Crippen molar-refractivity contribution in [2.45, 2.75) is 57.3 Å². The van der Waals surface area contributed by atoms with Crippen molar-refractivity contribution in [2.75, 3.05) is 33.3 Å². The van der Waals surface area contributed by atoms with Crippen LogP contribution in [0.5, 0.6) is 0 Å². The number of aliphatic hydroxyl groups excluding tert-OH is 1. The van der Waals surface area contributed by atoms with E-state index in [-0.39, 0.29) is 23.3 Å². The van der Waals surface area contributed by atoms with Crippen LogP contribution in [0, 0.1) is 5.92 Å². The molecule has 0 aromatic carbocycles. The second-order valence-electron chi connectivity index (χ2n) is 7.61. The maximum absolute atomic E-state index is 9.86. The molecule has 0 bridgehead atoms. The Hall–Kier alpha value is -0.160. The molecule has 1 atom stereocenters. The fraction of sp³-hybridized carbons (Fsp3) is 1.00. The van der Waals surface area contributed by atoms with Gasteiger partial charge < -0.3 is 15.2 Å². The average Bonchev–Trinajstić information content (AvgIpc) is 3.05. The number of rotatable bonds is 5. The van der Waals surface area contributed by atoms with E-state index in [9.17, 15) is 5.11 Å². The molecule has 2 N–H and O–H groups in total. The van der Waals surface area contributed by atoms with Gasteiger partial charge in [-0.05, 0) is 53.5 Å². The van der Waals surface area contributed by atoms with Crippen LogP contribution >= 0.6 is 0 Å². The molecule has 0 aromatic heterocycles. The first-order valence-electron chi connectivity index (χ1n) is 7.44. The van der Waals surface area contributed by atoms with Crippen molar-refractivity contribution < 1.29 is 9.84 Å². The third kappa shape index (κ3) is 3.48. The Labute approximate surface area is 117 Å². The van der Waals surface area contributed by atoms with E-state index in [0.717, 1.165) is 19.6 Å². The Bertz CT molecular complexity index is 304. The highest BCUT2D eigenvalue weighted by molar-refractivity contribution is 5.04. The predicted octanol–water partition coefficient (Wildman–Crippen LogP) is 1.24. The summed E-state index contributed by atoms with van der Waals surface area (Å²) in [5, 5.41) is 13.3. The van der Waals surface area contributed by atoms with E-state index in [1.54, 1.807) is 0 Å². The van der Waals surface area contributed by atoms with Crippen LogP contribution in [0.15, 0.2) is 0 Å². The lowest BCUT2D eigenvalue weighted by Gasteiger charge is -2.49. The molecule has 4 nitrogen and oxygen atoms in total. The molecule has 0 spiro atoms. The molecule has 112 valence electrons. The van der Waals surface area contributed by atoms with E-state index in [4.69, 9.17) is 4.74 Å². The number of hydrogen-bond acceptors (Lipinski definition) is 4. The van der Waals surface area contributed by atoms with Crippen LogP contribution in [0.3, 0.4) is 0 Å². The number of nitrogens with one attached hydrogen (secondary N) is 1. The van der Waals surface area contributed by atoms with E-state index < -0.39 is 0 Å². The predicted molar refractivity (Wildman–Crippen MR) is 77.3 cm³/mol. The molecule has 1 saturated carbocycles. The molecule has 1 saturated heterocycles. The smallest absolute Gasteiger partial charge is 0.0760 e. The van der Waals surface area contributed by atoms with Crippen LogP contribution in [-0.4, -0.2) is 60.0 Å². The van der Waals surface area contributed by atoms with E-state index in [2.05, 4.69) is 37.9 Å². The Kier molecular flexibility index (Phi) is 4.00. The van der Waals surface area contributed by atoms with Gasteiger partial charge in [0.15, 0.2) is 0 Å². The molecule has 2 fully saturated rings. The molecule has 0 amide bonds. The Morgan fingerprint density at radius 1 is 1.21 bits per heavy atom. The normalized spacial score (nSPS) is 30.0. The quantitative estimate of drug-likeness (QED) is 0.789. The summed E-state index contributed by atoms with van der Waals surface area (Å²) in [4.78, 5) is 2.45. The van der Waals surface area contributed by atoms with Crippen molar-refractivity contribution in [2.24, 2.45) is 5.92 Å². The lowest BCUT2D eigenvalue weighted by Crippen LogP contribution is -2.63. The van der Waals surface area contributed by atoms with Crippen LogP contribution in [-0.2, 0) is 4.74 Å². The third-order valence-corrected chi connectivity index (χ3v) is 4.41. The second-order valence-corrected chi connectivity index (χ2v) is 7.61. The first-order valence-corrected chi connectivity index (χ1v) is 7.44. The van der Waals surface area contributed by atoms with Gasteiger partial charge in [0.25, 0.3) is 0 Å². The fourth-order valence-corrected chi connectivity index (χ4v) is 3.76. The van der Waals surface area contributed by atoms with Gasteiger partial charge in [-0.3, -0.25) is 4.90 Å². The van der Waals surface area contributed by atoms with Crippen molar-refractivity contribution in [1.29, 1.82) is 0 Å². The van der Waals surface area contributed by atoms with Crippen molar-refractivity contribution in [3.63, 3.8) is 0 Å². The number of likely N-dealkylation sites (N-methyl/N-ethyl adjacent to an activating group) is 1. The van der Waals surface area contributed by atoms with Gasteiger partial charge in [0, 0.05) is 19.6 Å². The molecular weight excluding hydrogens is 240 g/mol. The molecule has 2 rings (SSSR count). The number of nitrogens with zero attached hydrogens (tertiary/aromatic N) is 1. The summed E-state index contributed by atoms with van der Waals surface area (Å²) >= 11 is 0. The zero-order chi connectivity index (χ0) is 14.3. The molecule has 0 radical (unpaired) electrons. The van der Waals surface area contributed by atoms with Gasteiger partial charge in [-0.25, -0.2) is 0 Å². The van der Waals surface area contributed by atoms with Crippen LogP contribution in [0.1, 0.15) is 40.5 Å². The molecule has 2 aliphatic rings. The van der Waals surface area contributed by atoms with Gasteiger partial charge in [0.1, 0.15) is 0 Å². The number of morpholine rings is 1. The number of hydrogen-bond donors (Lipinski definition) is 2. The topological polar surface area (TPSA) is 44.7 Å². The molecule has 1 unspecified atom stereocenters. The van der Waals surface area contributed by atoms with Crippen LogP contribution in [0.2, 0.25) is 0 Å². The first-order chi connectivity index (χ1) is 8.72. The van der Waals surface area contributed by atoms with Crippen LogP contribution < -0.4 is 5.32 Å². The van der Waals surface area contributed by atoms with Crippen LogP contribution in [0.4, 0.5) is 0 Å². The lowest BCUT2D eigenvalue weighted by atomic mass is 9.91. The van der Waals surface area contributed by atoms with E-state index in [1.165, 1.54) is 12.8 Å². The Morgan fingerprint density at radius 3 is 2.11 bits per heavy atom. The summed E-state index contributed by atoms with van der Waals surface area (Å²) in [5.41, 5.74) is -0.385. The fourth-order valence-electron chi connectivity index (χ4n) is 3.76. The summed E-state index contributed by atoms with van der Waals surface area (Å²) in [7, 11) is 1.98. The van der Waals surface area contributed by atoms with Crippen molar-refractivity contribution >= 4 is 0 Å². The molecule has 19 heavy (non-hydrogen) atoms. The minimum Gasteiger partial charge on any atom is -0.394 e. The molecule has 0 aromatic rings. The minimum absolute atomic E-state index is 0.125. The molecule has 4 heteroatoms. The second kappa shape index (κ2) is 4.99. The van der Waals surface area contributed by atoms with E-state index >= 15 is 0 Å². The van der Waals surface area contributed by atoms with Crippen molar-refractivity contribution in [3.8, 4) is 0 Å². The van der Waals surface area contributed by atoms with Gasteiger partial charge in [-0.1, -0.05) is 0 Å². The molecular formula is C15H30N2O2. The largest absolute Gasteiger partial charge is 0.394 e. The van der Waals surface area contributed by atoms with E-state index in [0.29, 0.717) is 5.92 Å². The highest BCUT2D eigenvalue weighted by atomic mass is 16.5. The monoisotopic (exact) mass is 270 g/mol. The summed E-state index contributed by atoms with van der Waals surface area (Å²) < 4.78 is 6.12. The molecule has 1 aliphatic heterocycles. The SMILES string of the molecule is CNC(CO)(CN1CC(C)(C)OC(C)(C)C1)C1CC1. The summed E-state index contributed by atoms with van der Waals surface area (Å²) in [5.74, 6) is 0.622. The summed E-state index contributed by atoms with van der Waals surface area (Å²) in [6.45, 7) is 11.6. The van der Waals surface area contributed by atoms with Gasteiger partial charge in [-0.15, -0.1) is 0 Å². The van der Waals surface area contributed by atoms with Crippen molar-refractivity contribution in [3.05, 3.63) is 0 Å². The highest BCUT2D eigenvalue weighted by Crippen LogP contribution is 2.40. The standard InChI is InChI=1S/C15H30N2O2/c1-13(2)8-17(9-14(3,4)19-13)10-15(11-18,16-5)12-6-7-12/h12,16,18H,6-11H2,1-5H3. The Morgan fingerprint density at radius 2 is 1.74 bits per heavy atom. The van der Waals surface area contributed by atoms with E-state index in [1.807, 2.05) is 7.05 Å². The number of ether oxygens (including phenoxy) is 1. The van der Waals surface area contributed by atoms with Gasteiger partial charge in [0.2, 0.25) is 0 Å². The average molecular weight is 270 g/mol. The first kappa shape index (κ1) is 15.2. The van der Waals surface area contributed by atoms with Gasteiger partial charge >= 0.3 is 0 Å². The zero-order valence-electron chi connectivity index (χ0n) is 13.1. The van der Waals surface area contributed by atoms with Crippen LogP contribution in [0.25, 0.3) is 0 Å². The number of aliphatic hydroxyl groups is 1. The minimum atomic E-state index is -0.135. The summed E-state index contributed by atoms with van der Waals surface area (Å²) in [6, 6.07) is 0. The maximum Gasteiger partial charge on any atom is 0.0760 e. The Balaban J connectivity index is 2.08. The van der Waals surface area contributed by atoms with Gasteiger partial charge in [-0.2, -0.15) is 0 Å². The molecule has 1 aliphatic carbocycles. The lowest BCUT2D eigenvalue weighted by molar-refractivity contribution is -0.184. The van der Waals surface area contributed by atoms with Crippen molar-refractivity contribution in [1.82, 2.24) is 10.2 Å². The zero-order valence-corrected chi connectivity index (χ0v) is 13.1. The third-order valence-electron chi connectivity index (χ3n) is 4.41. The maximum atomic E-state index is 9.86. The summed E-state index contributed by atoms with van der Waals surface area (Å²) in [6.07, 6.45) is 2.47. The highest BCUT2D eigenvalue weighted by Gasteiger charge is 2.47. The molecule has 1 heterocycles. The van der Waals surface area contributed by atoms with Gasteiger partial charge in [0.05, 0.1) is 23.3 Å².